The van der Waals surface area contributed by atoms with Gasteiger partial charge in [-0.1, -0.05) is 32.6 Å². The maximum absolute atomic E-state index is 14.6. The van der Waals surface area contributed by atoms with Gasteiger partial charge in [-0.25, -0.2) is 8.78 Å². The first kappa shape index (κ1) is 21.5. The molecule has 1 nitrogen and oxygen atoms in total. The van der Waals surface area contributed by atoms with Crippen molar-refractivity contribution >= 4 is 13.3 Å². The molecule has 0 N–H and O–H groups in total. The number of hydrogen-bond donors (Lipinski definition) is 0. The summed E-state index contributed by atoms with van der Waals surface area (Å²) in [6.07, 6.45) is 6.38. The minimum atomic E-state index is -3.45. The highest BCUT2D eigenvalue weighted by Gasteiger charge is 2.45. The number of hydrogen-bond acceptors (Lipinski definition) is 1. The molecule has 0 aliphatic heterocycles. The van der Waals surface area contributed by atoms with Crippen LogP contribution in [-0.2, 0) is 0 Å². The molecule has 6 heteroatoms. The van der Waals surface area contributed by atoms with Gasteiger partial charge in [0, 0.05) is 12.1 Å². The lowest BCUT2D eigenvalue weighted by atomic mass is 9.68. The van der Waals surface area contributed by atoms with E-state index in [4.69, 9.17) is 12.6 Å². The predicted molar refractivity (Wildman–Crippen MR) is 103 cm³/mol. The Kier molecular flexibility index (Phi) is 6.98. The third-order valence-corrected chi connectivity index (χ3v) is 6.81. The first-order valence-electron chi connectivity index (χ1n) is 10.6. The first-order valence-corrected chi connectivity index (χ1v) is 10.6. The zero-order valence-corrected chi connectivity index (χ0v) is 16.5. The van der Waals surface area contributed by atoms with E-state index in [1.165, 1.54) is 38.5 Å². The highest BCUT2D eigenvalue weighted by atomic mass is 19.3. The van der Waals surface area contributed by atoms with E-state index >= 15 is 0 Å². The molecule has 28 heavy (non-hydrogen) atoms. The molecule has 0 saturated heterocycles. The maximum Gasteiger partial charge on any atom is 0.400 e. The van der Waals surface area contributed by atoms with Crippen molar-refractivity contribution in [2.24, 2.45) is 23.7 Å². The fraction of sp³-hybridized carbons (Fsp3) is 0.727. The van der Waals surface area contributed by atoms with Gasteiger partial charge in [0.2, 0.25) is 0 Å². The summed E-state index contributed by atoms with van der Waals surface area (Å²) in [5, 5.41) is 0. The van der Waals surface area contributed by atoms with Crippen molar-refractivity contribution in [1.82, 2.24) is 0 Å². The van der Waals surface area contributed by atoms with Crippen LogP contribution in [0.4, 0.5) is 17.6 Å². The molecule has 0 aromatic heterocycles. The molecule has 0 atom stereocenters. The lowest BCUT2D eigenvalue weighted by Gasteiger charge is -2.39. The number of ether oxygens (including phenoxy) is 1. The molecule has 1 aromatic carbocycles. The Hall–Kier alpha value is -1.20. The van der Waals surface area contributed by atoms with Crippen LogP contribution in [0.1, 0.15) is 71.1 Å². The van der Waals surface area contributed by atoms with Crippen LogP contribution in [0.5, 0.6) is 5.75 Å². The zero-order chi connectivity index (χ0) is 20.3. The molecule has 154 valence electrons. The molecular weight excluding hydrogens is 367 g/mol. The lowest BCUT2D eigenvalue weighted by molar-refractivity contribution is -0.224. The molecule has 2 fully saturated rings. The second-order valence-electron chi connectivity index (χ2n) is 8.65. The Bertz CT molecular complexity index is 627. The number of alkyl halides is 2. The van der Waals surface area contributed by atoms with Crippen molar-refractivity contribution in [1.29, 1.82) is 0 Å². The van der Waals surface area contributed by atoms with E-state index in [-0.39, 0.29) is 0 Å². The second kappa shape index (κ2) is 9.08. The Morgan fingerprint density at radius 1 is 0.929 bits per heavy atom. The van der Waals surface area contributed by atoms with Gasteiger partial charge >= 0.3 is 6.11 Å². The van der Waals surface area contributed by atoms with E-state index < -0.39 is 34.9 Å². The minimum Gasteiger partial charge on any atom is -0.432 e. The van der Waals surface area contributed by atoms with E-state index in [0.29, 0.717) is 36.8 Å². The summed E-state index contributed by atoms with van der Waals surface area (Å²) in [6.45, 7) is 2.22. The standard InChI is InChI=1S/C22H29BF4O/c1-2-3-14-4-6-15(7-5-14)16-8-10-17(11-9-16)22(26,27)28-18-12-19(24)21(23)20(25)13-18/h12-17H,2-11H2,1H3. The van der Waals surface area contributed by atoms with Crippen molar-refractivity contribution in [2.45, 2.75) is 77.2 Å². The highest BCUT2D eigenvalue weighted by molar-refractivity contribution is 6.32. The summed E-state index contributed by atoms with van der Waals surface area (Å²) in [5.41, 5.74) is -0.690. The van der Waals surface area contributed by atoms with Crippen LogP contribution >= 0.6 is 0 Å². The summed E-state index contributed by atoms with van der Waals surface area (Å²) >= 11 is 0. The van der Waals surface area contributed by atoms with Crippen LogP contribution in [0.15, 0.2) is 12.1 Å². The second-order valence-corrected chi connectivity index (χ2v) is 8.65. The fourth-order valence-electron chi connectivity index (χ4n) is 5.14. The molecule has 2 aliphatic rings. The van der Waals surface area contributed by atoms with Crippen molar-refractivity contribution in [3.05, 3.63) is 23.8 Å². The van der Waals surface area contributed by atoms with Crippen molar-refractivity contribution in [3.63, 3.8) is 0 Å². The van der Waals surface area contributed by atoms with Crippen LogP contribution in [0.2, 0.25) is 0 Å². The fourth-order valence-corrected chi connectivity index (χ4v) is 5.14. The van der Waals surface area contributed by atoms with Gasteiger partial charge < -0.3 is 4.74 Å². The van der Waals surface area contributed by atoms with Gasteiger partial charge in [-0.3, -0.25) is 0 Å². The van der Waals surface area contributed by atoms with E-state index in [0.717, 1.165) is 18.8 Å². The van der Waals surface area contributed by atoms with Crippen LogP contribution in [-0.4, -0.2) is 14.0 Å². The smallest absolute Gasteiger partial charge is 0.400 e. The summed E-state index contributed by atoms with van der Waals surface area (Å²) in [6, 6.07) is 1.43. The molecule has 0 unspecified atom stereocenters. The molecule has 2 saturated carbocycles. The van der Waals surface area contributed by atoms with Crippen LogP contribution in [0, 0.1) is 35.3 Å². The van der Waals surface area contributed by atoms with Gasteiger partial charge in [-0.15, -0.1) is 0 Å². The number of rotatable bonds is 6. The molecule has 0 bridgehead atoms. The van der Waals surface area contributed by atoms with Crippen molar-refractivity contribution in [2.75, 3.05) is 0 Å². The summed E-state index contributed by atoms with van der Waals surface area (Å²) in [4.78, 5) is 0. The quantitative estimate of drug-likeness (QED) is 0.414. The number of benzene rings is 1. The average molecular weight is 396 g/mol. The molecule has 3 rings (SSSR count). The Labute approximate surface area is 166 Å². The normalized spacial score (nSPS) is 28.9. The monoisotopic (exact) mass is 396 g/mol. The molecule has 0 amide bonds. The van der Waals surface area contributed by atoms with E-state index in [1.807, 2.05) is 0 Å². The highest BCUT2D eigenvalue weighted by Crippen LogP contribution is 2.45. The Morgan fingerprint density at radius 2 is 1.43 bits per heavy atom. The average Bonchev–Trinajstić information content (AvgIpc) is 2.67. The van der Waals surface area contributed by atoms with Crippen LogP contribution in [0.25, 0.3) is 0 Å². The van der Waals surface area contributed by atoms with Gasteiger partial charge in [-0.05, 0) is 61.7 Å². The summed E-state index contributed by atoms with van der Waals surface area (Å²) in [5.74, 6) is -1.61. The Morgan fingerprint density at radius 3 is 1.93 bits per heavy atom. The van der Waals surface area contributed by atoms with E-state index in [9.17, 15) is 17.6 Å². The van der Waals surface area contributed by atoms with Gasteiger partial charge in [0.1, 0.15) is 25.2 Å². The molecule has 1 aromatic rings. The zero-order valence-electron chi connectivity index (χ0n) is 16.5. The molecular formula is C22H29BF4O. The first-order chi connectivity index (χ1) is 13.3. The van der Waals surface area contributed by atoms with Crippen molar-refractivity contribution < 1.29 is 22.3 Å². The lowest BCUT2D eigenvalue weighted by Crippen LogP contribution is -2.38. The van der Waals surface area contributed by atoms with Crippen LogP contribution in [0.3, 0.4) is 0 Å². The maximum atomic E-state index is 14.6. The summed E-state index contributed by atoms with van der Waals surface area (Å²) in [7, 11) is 5.18. The third kappa shape index (κ3) is 5.04. The largest absolute Gasteiger partial charge is 0.432 e. The molecule has 0 spiro atoms. The topological polar surface area (TPSA) is 9.23 Å². The SMILES string of the molecule is [B]c1c(F)cc(OC(F)(F)C2CCC(C3CCC(CCC)CC3)CC2)cc1F. The van der Waals surface area contributed by atoms with Gasteiger partial charge in [0.05, 0.1) is 5.92 Å². The predicted octanol–water partition coefficient (Wildman–Crippen LogP) is 6.14. The van der Waals surface area contributed by atoms with E-state index in [2.05, 4.69) is 6.92 Å². The van der Waals surface area contributed by atoms with Gasteiger partial charge in [-0.2, -0.15) is 8.78 Å². The third-order valence-electron chi connectivity index (χ3n) is 6.81. The number of halogens is 4. The van der Waals surface area contributed by atoms with Gasteiger partial charge in [0.15, 0.2) is 0 Å². The van der Waals surface area contributed by atoms with Gasteiger partial charge in [0.25, 0.3) is 0 Å². The summed E-state index contributed by atoms with van der Waals surface area (Å²) < 4.78 is 60.8. The Balaban J connectivity index is 1.52. The van der Waals surface area contributed by atoms with E-state index in [1.54, 1.807) is 0 Å². The van der Waals surface area contributed by atoms with Crippen LogP contribution < -0.4 is 10.2 Å². The molecule has 2 aliphatic carbocycles. The molecule has 2 radical (unpaired) electrons. The minimum absolute atomic E-state index is 0.381. The molecule has 0 heterocycles. The van der Waals surface area contributed by atoms with Crippen molar-refractivity contribution in [3.8, 4) is 5.75 Å².